The van der Waals surface area contributed by atoms with Gasteiger partial charge in [-0.05, 0) is 24.3 Å². The molecule has 2 aromatic rings. The van der Waals surface area contributed by atoms with E-state index in [1.54, 1.807) is 30.3 Å². The number of hydrazine groups is 1. The highest BCUT2D eigenvalue weighted by Crippen LogP contribution is 2.14. The van der Waals surface area contributed by atoms with Crippen molar-refractivity contribution in [3.63, 3.8) is 0 Å². The summed E-state index contributed by atoms with van der Waals surface area (Å²) in [6, 6.07) is 8.19. The Labute approximate surface area is 103 Å². The average molecular weight is 249 g/mol. The van der Waals surface area contributed by atoms with E-state index in [-0.39, 0.29) is 5.69 Å². The molecule has 2 N–H and O–H groups in total. The van der Waals surface area contributed by atoms with Crippen molar-refractivity contribution >= 4 is 23.2 Å². The number of nitrogens with two attached hydrogens (primary N) is 1. The predicted molar refractivity (Wildman–Crippen MR) is 64.5 cm³/mol. The zero-order chi connectivity index (χ0) is 12.3. The van der Waals surface area contributed by atoms with Crippen LogP contribution in [0.2, 0.25) is 5.15 Å². The third-order valence-corrected chi connectivity index (χ3v) is 2.32. The Morgan fingerprint density at radius 2 is 2.06 bits per heavy atom. The van der Waals surface area contributed by atoms with Crippen molar-refractivity contribution in [1.82, 2.24) is 9.97 Å². The number of carbonyl (C=O) groups excluding carboxylic acids is 1. The van der Waals surface area contributed by atoms with Crippen LogP contribution in [0.5, 0.6) is 0 Å². The van der Waals surface area contributed by atoms with Gasteiger partial charge in [-0.3, -0.25) is 9.78 Å². The van der Waals surface area contributed by atoms with E-state index in [0.29, 0.717) is 10.8 Å². The molecule has 0 atom stereocenters. The summed E-state index contributed by atoms with van der Waals surface area (Å²) in [6.45, 7) is 0. The SMILES string of the molecule is NN(C(=O)c1ccccn1)c1ccc(Cl)nc1. The van der Waals surface area contributed by atoms with Crippen LogP contribution in [0.15, 0.2) is 42.7 Å². The van der Waals surface area contributed by atoms with Gasteiger partial charge < -0.3 is 0 Å². The van der Waals surface area contributed by atoms with Gasteiger partial charge in [-0.2, -0.15) is 0 Å². The molecular weight excluding hydrogens is 240 g/mol. The van der Waals surface area contributed by atoms with Gasteiger partial charge in [0, 0.05) is 6.20 Å². The van der Waals surface area contributed by atoms with Crippen molar-refractivity contribution in [2.24, 2.45) is 5.84 Å². The first-order valence-corrected chi connectivity index (χ1v) is 5.18. The Bertz CT molecular complexity index is 515. The van der Waals surface area contributed by atoms with Crippen molar-refractivity contribution in [2.45, 2.75) is 0 Å². The monoisotopic (exact) mass is 248 g/mol. The minimum absolute atomic E-state index is 0.268. The molecule has 0 radical (unpaired) electrons. The Balaban J connectivity index is 2.23. The van der Waals surface area contributed by atoms with Gasteiger partial charge in [-0.15, -0.1) is 0 Å². The van der Waals surface area contributed by atoms with Gasteiger partial charge in [0.1, 0.15) is 10.8 Å². The normalized spacial score (nSPS) is 10.0. The molecule has 1 amide bonds. The second-order valence-electron chi connectivity index (χ2n) is 3.23. The highest BCUT2D eigenvalue weighted by Gasteiger charge is 2.15. The molecule has 86 valence electrons. The highest BCUT2D eigenvalue weighted by atomic mass is 35.5. The van der Waals surface area contributed by atoms with Crippen LogP contribution in [0.4, 0.5) is 5.69 Å². The van der Waals surface area contributed by atoms with Crippen LogP contribution in [0, 0.1) is 0 Å². The molecule has 0 unspecified atom stereocenters. The van der Waals surface area contributed by atoms with Crippen LogP contribution in [-0.4, -0.2) is 15.9 Å². The zero-order valence-electron chi connectivity index (χ0n) is 8.75. The summed E-state index contributed by atoms with van der Waals surface area (Å²) in [4.78, 5) is 19.7. The average Bonchev–Trinajstić information content (AvgIpc) is 2.39. The number of aromatic nitrogens is 2. The maximum Gasteiger partial charge on any atom is 0.291 e. The summed E-state index contributed by atoms with van der Waals surface area (Å²) in [6.07, 6.45) is 2.95. The van der Waals surface area contributed by atoms with Crippen molar-refractivity contribution in [3.8, 4) is 0 Å². The number of pyridine rings is 2. The number of anilines is 1. The molecule has 0 spiro atoms. The molecule has 0 saturated carbocycles. The Morgan fingerprint density at radius 1 is 1.24 bits per heavy atom. The standard InChI is InChI=1S/C11H9ClN4O/c12-10-5-4-8(7-15-10)16(13)11(17)9-3-1-2-6-14-9/h1-7H,13H2. The summed E-state index contributed by atoms with van der Waals surface area (Å²) in [5.41, 5.74) is 0.718. The van der Waals surface area contributed by atoms with Crippen molar-refractivity contribution in [3.05, 3.63) is 53.6 Å². The third-order valence-electron chi connectivity index (χ3n) is 2.09. The van der Waals surface area contributed by atoms with Gasteiger partial charge in [-0.25, -0.2) is 15.8 Å². The minimum atomic E-state index is -0.408. The largest absolute Gasteiger partial charge is 0.291 e. The van der Waals surface area contributed by atoms with Crippen LogP contribution in [-0.2, 0) is 0 Å². The number of hydrogen-bond acceptors (Lipinski definition) is 4. The van der Waals surface area contributed by atoms with Crippen LogP contribution in [0.1, 0.15) is 10.5 Å². The molecule has 0 aliphatic carbocycles. The van der Waals surface area contributed by atoms with E-state index in [4.69, 9.17) is 17.4 Å². The van der Waals surface area contributed by atoms with Crippen LogP contribution in [0.25, 0.3) is 0 Å². The lowest BCUT2D eigenvalue weighted by Gasteiger charge is -2.15. The third kappa shape index (κ3) is 2.58. The molecule has 0 fully saturated rings. The Morgan fingerprint density at radius 3 is 2.65 bits per heavy atom. The Kier molecular flexibility index (Phi) is 3.32. The number of carbonyl (C=O) groups is 1. The maximum absolute atomic E-state index is 11.9. The summed E-state index contributed by atoms with van der Waals surface area (Å²) in [5.74, 6) is 5.27. The fourth-order valence-electron chi connectivity index (χ4n) is 1.24. The van der Waals surface area contributed by atoms with Gasteiger partial charge in [0.2, 0.25) is 0 Å². The molecule has 0 aromatic carbocycles. The lowest BCUT2D eigenvalue weighted by molar-refractivity contribution is 0.0982. The van der Waals surface area contributed by atoms with E-state index in [1.165, 1.54) is 12.4 Å². The Hall–Kier alpha value is -1.98. The summed E-state index contributed by atoms with van der Waals surface area (Å²) >= 11 is 5.65. The lowest BCUT2D eigenvalue weighted by Crippen LogP contribution is -2.37. The van der Waals surface area contributed by atoms with Gasteiger partial charge in [-0.1, -0.05) is 17.7 Å². The first-order chi connectivity index (χ1) is 8.18. The fourth-order valence-corrected chi connectivity index (χ4v) is 1.35. The number of amides is 1. The lowest BCUT2D eigenvalue weighted by atomic mass is 10.3. The number of nitrogens with zero attached hydrogens (tertiary/aromatic N) is 3. The van der Waals surface area contributed by atoms with E-state index in [9.17, 15) is 4.79 Å². The van der Waals surface area contributed by atoms with E-state index >= 15 is 0 Å². The molecule has 2 rings (SSSR count). The van der Waals surface area contributed by atoms with E-state index < -0.39 is 5.91 Å². The molecule has 5 nitrogen and oxygen atoms in total. The molecule has 2 heterocycles. The topological polar surface area (TPSA) is 72.1 Å². The summed E-state index contributed by atoms with van der Waals surface area (Å²) in [7, 11) is 0. The zero-order valence-corrected chi connectivity index (χ0v) is 9.50. The molecule has 0 saturated heterocycles. The first-order valence-electron chi connectivity index (χ1n) is 4.80. The molecular formula is C11H9ClN4O. The molecule has 6 heteroatoms. The molecule has 0 bridgehead atoms. The van der Waals surface area contributed by atoms with Gasteiger partial charge in [0.25, 0.3) is 5.91 Å². The second kappa shape index (κ2) is 4.90. The van der Waals surface area contributed by atoms with E-state index in [2.05, 4.69) is 9.97 Å². The first kappa shape index (κ1) is 11.5. The van der Waals surface area contributed by atoms with Crippen LogP contribution in [0.3, 0.4) is 0 Å². The number of rotatable bonds is 2. The minimum Gasteiger partial charge on any atom is -0.265 e. The van der Waals surface area contributed by atoms with E-state index in [0.717, 1.165) is 5.01 Å². The van der Waals surface area contributed by atoms with Gasteiger partial charge in [0.05, 0.1) is 11.9 Å². The van der Waals surface area contributed by atoms with Crippen LogP contribution >= 0.6 is 11.6 Å². The quantitative estimate of drug-likeness (QED) is 0.380. The molecule has 0 aliphatic rings. The van der Waals surface area contributed by atoms with Crippen molar-refractivity contribution in [2.75, 3.05) is 5.01 Å². The van der Waals surface area contributed by atoms with Gasteiger partial charge in [0.15, 0.2) is 0 Å². The van der Waals surface area contributed by atoms with E-state index in [1.807, 2.05) is 0 Å². The number of halogens is 1. The highest BCUT2D eigenvalue weighted by molar-refractivity contribution is 6.29. The summed E-state index contributed by atoms with van der Waals surface area (Å²) in [5, 5.41) is 1.32. The van der Waals surface area contributed by atoms with Crippen LogP contribution < -0.4 is 10.9 Å². The predicted octanol–water partition coefficient (Wildman–Crippen LogP) is 1.65. The van der Waals surface area contributed by atoms with Crippen molar-refractivity contribution < 1.29 is 4.79 Å². The molecule has 0 aliphatic heterocycles. The summed E-state index contributed by atoms with van der Waals surface area (Å²) < 4.78 is 0. The maximum atomic E-state index is 11.9. The second-order valence-corrected chi connectivity index (χ2v) is 3.62. The number of hydrogen-bond donors (Lipinski definition) is 1. The van der Waals surface area contributed by atoms with Crippen molar-refractivity contribution in [1.29, 1.82) is 0 Å². The van der Waals surface area contributed by atoms with Gasteiger partial charge >= 0.3 is 0 Å². The smallest absolute Gasteiger partial charge is 0.265 e. The molecule has 2 aromatic heterocycles. The molecule has 17 heavy (non-hydrogen) atoms. The fraction of sp³-hybridized carbons (Fsp3) is 0.